The van der Waals surface area contributed by atoms with E-state index in [2.05, 4.69) is 10.3 Å². The molecule has 84 valence electrons. The molecule has 0 unspecified atom stereocenters. The van der Waals surface area contributed by atoms with Gasteiger partial charge in [-0.25, -0.2) is 0 Å². The fourth-order valence-electron chi connectivity index (χ4n) is 1.28. The Kier molecular flexibility index (Phi) is 2.88. The summed E-state index contributed by atoms with van der Waals surface area (Å²) >= 11 is 0. The molecule has 1 aromatic heterocycles. The first-order valence-corrected chi connectivity index (χ1v) is 4.92. The standard InChI is InChI=1S/C12H9N3O2/c1-8-7-17-12(14-8)15-11(16)10-4-2-9(6-13)3-5-10/h2-5,7H,1H3,(H,14,15,16). The van der Waals surface area contributed by atoms with Crippen LogP contribution in [-0.2, 0) is 0 Å². The van der Waals surface area contributed by atoms with Crippen LogP contribution in [0.3, 0.4) is 0 Å². The third-order valence-electron chi connectivity index (χ3n) is 2.12. The number of hydrogen-bond donors (Lipinski definition) is 1. The monoisotopic (exact) mass is 227 g/mol. The van der Waals surface area contributed by atoms with Gasteiger partial charge in [-0.05, 0) is 31.2 Å². The third kappa shape index (κ3) is 2.49. The van der Waals surface area contributed by atoms with Crippen molar-refractivity contribution in [2.24, 2.45) is 0 Å². The first kappa shape index (κ1) is 10.9. The first-order chi connectivity index (χ1) is 8.19. The molecule has 0 spiro atoms. The van der Waals surface area contributed by atoms with Crippen molar-refractivity contribution in [3.63, 3.8) is 0 Å². The Labute approximate surface area is 97.7 Å². The maximum Gasteiger partial charge on any atom is 0.301 e. The van der Waals surface area contributed by atoms with Crippen LogP contribution in [0.1, 0.15) is 21.6 Å². The molecule has 0 radical (unpaired) electrons. The molecule has 5 heteroatoms. The second-order valence-electron chi connectivity index (χ2n) is 3.44. The van der Waals surface area contributed by atoms with Gasteiger partial charge >= 0.3 is 6.01 Å². The van der Waals surface area contributed by atoms with Crippen molar-refractivity contribution >= 4 is 11.9 Å². The molecule has 1 N–H and O–H groups in total. The fraction of sp³-hybridized carbons (Fsp3) is 0.0833. The molecule has 1 heterocycles. The highest BCUT2D eigenvalue weighted by atomic mass is 16.4. The number of nitriles is 1. The van der Waals surface area contributed by atoms with Gasteiger partial charge in [-0.2, -0.15) is 10.2 Å². The van der Waals surface area contributed by atoms with Crippen LogP contribution in [0.15, 0.2) is 34.9 Å². The molecule has 5 nitrogen and oxygen atoms in total. The van der Waals surface area contributed by atoms with E-state index < -0.39 is 0 Å². The Balaban J connectivity index is 2.12. The van der Waals surface area contributed by atoms with Crippen molar-refractivity contribution in [2.45, 2.75) is 6.92 Å². The van der Waals surface area contributed by atoms with Crippen LogP contribution >= 0.6 is 0 Å². The maximum atomic E-state index is 11.7. The Morgan fingerprint density at radius 2 is 2.12 bits per heavy atom. The highest BCUT2D eigenvalue weighted by Gasteiger charge is 2.09. The zero-order chi connectivity index (χ0) is 12.3. The molecule has 0 saturated heterocycles. The molecule has 0 bridgehead atoms. The number of aryl methyl sites for hydroxylation is 1. The molecule has 0 aliphatic heterocycles. The molecule has 1 aromatic carbocycles. The predicted octanol–water partition coefficient (Wildman–Crippen LogP) is 2.11. The number of aromatic nitrogens is 1. The van der Waals surface area contributed by atoms with Crippen molar-refractivity contribution in [3.8, 4) is 6.07 Å². The molecule has 0 fully saturated rings. The van der Waals surface area contributed by atoms with Crippen LogP contribution in [0.4, 0.5) is 6.01 Å². The van der Waals surface area contributed by atoms with E-state index in [0.29, 0.717) is 16.8 Å². The smallest absolute Gasteiger partial charge is 0.301 e. The molecule has 2 rings (SSSR count). The summed E-state index contributed by atoms with van der Waals surface area (Å²) in [6.07, 6.45) is 1.45. The number of nitrogens with one attached hydrogen (secondary N) is 1. The number of hydrogen-bond acceptors (Lipinski definition) is 4. The van der Waals surface area contributed by atoms with E-state index in [9.17, 15) is 4.79 Å². The molecule has 0 aliphatic rings. The summed E-state index contributed by atoms with van der Waals surface area (Å²) in [6.45, 7) is 1.76. The fourth-order valence-corrected chi connectivity index (χ4v) is 1.28. The number of carbonyl (C=O) groups excluding carboxylic acids is 1. The minimum atomic E-state index is -0.323. The second-order valence-corrected chi connectivity index (χ2v) is 3.44. The molecule has 0 saturated carbocycles. The van der Waals surface area contributed by atoms with Gasteiger partial charge in [0.1, 0.15) is 6.26 Å². The molecule has 0 atom stereocenters. The lowest BCUT2D eigenvalue weighted by atomic mass is 10.1. The van der Waals surface area contributed by atoms with Gasteiger partial charge in [0.05, 0.1) is 17.3 Å². The van der Waals surface area contributed by atoms with Gasteiger partial charge in [-0.1, -0.05) is 0 Å². The molecule has 0 aliphatic carbocycles. The van der Waals surface area contributed by atoms with Gasteiger partial charge in [-0.3, -0.25) is 10.1 Å². The van der Waals surface area contributed by atoms with Crippen LogP contribution in [-0.4, -0.2) is 10.9 Å². The van der Waals surface area contributed by atoms with Gasteiger partial charge in [0, 0.05) is 5.56 Å². The number of rotatable bonds is 2. The zero-order valence-electron chi connectivity index (χ0n) is 9.10. The predicted molar refractivity (Wildman–Crippen MR) is 60.4 cm³/mol. The summed E-state index contributed by atoms with van der Waals surface area (Å²) in [5.74, 6) is -0.323. The topological polar surface area (TPSA) is 78.9 Å². The lowest BCUT2D eigenvalue weighted by Crippen LogP contribution is -2.11. The normalized spacial score (nSPS) is 9.65. The Hall–Kier alpha value is -2.61. The number of carbonyl (C=O) groups is 1. The largest absolute Gasteiger partial charge is 0.432 e. The third-order valence-corrected chi connectivity index (χ3v) is 2.12. The van der Waals surface area contributed by atoms with E-state index in [1.807, 2.05) is 6.07 Å². The van der Waals surface area contributed by atoms with E-state index in [-0.39, 0.29) is 11.9 Å². The SMILES string of the molecule is Cc1coc(NC(=O)c2ccc(C#N)cc2)n1. The minimum absolute atomic E-state index is 0.164. The molecule has 17 heavy (non-hydrogen) atoms. The van der Waals surface area contributed by atoms with E-state index in [1.54, 1.807) is 31.2 Å². The minimum Gasteiger partial charge on any atom is -0.432 e. The van der Waals surface area contributed by atoms with Gasteiger partial charge in [0.25, 0.3) is 5.91 Å². The van der Waals surface area contributed by atoms with Crippen LogP contribution in [0.5, 0.6) is 0 Å². The summed E-state index contributed by atoms with van der Waals surface area (Å²) in [4.78, 5) is 15.7. The number of benzene rings is 1. The zero-order valence-corrected chi connectivity index (χ0v) is 9.10. The molecular formula is C12H9N3O2. The highest BCUT2D eigenvalue weighted by Crippen LogP contribution is 2.09. The molecule has 2 aromatic rings. The Bertz CT molecular complexity index is 579. The van der Waals surface area contributed by atoms with E-state index in [0.717, 1.165) is 0 Å². The summed E-state index contributed by atoms with van der Waals surface area (Å²) < 4.78 is 5.01. The summed E-state index contributed by atoms with van der Waals surface area (Å²) in [5, 5.41) is 11.1. The quantitative estimate of drug-likeness (QED) is 0.852. The van der Waals surface area contributed by atoms with E-state index >= 15 is 0 Å². The lowest BCUT2D eigenvalue weighted by Gasteiger charge is -2.00. The van der Waals surface area contributed by atoms with Crippen LogP contribution < -0.4 is 5.32 Å². The lowest BCUT2D eigenvalue weighted by molar-refractivity contribution is 0.102. The summed E-state index contributed by atoms with van der Waals surface area (Å²) in [5.41, 5.74) is 1.65. The number of nitrogens with zero attached hydrogens (tertiary/aromatic N) is 2. The number of amides is 1. The van der Waals surface area contributed by atoms with Crippen LogP contribution in [0, 0.1) is 18.3 Å². The molecular weight excluding hydrogens is 218 g/mol. The van der Waals surface area contributed by atoms with Crippen LogP contribution in [0.25, 0.3) is 0 Å². The van der Waals surface area contributed by atoms with Gasteiger partial charge in [0.15, 0.2) is 0 Å². The number of oxazole rings is 1. The van der Waals surface area contributed by atoms with Crippen molar-refractivity contribution < 1.29 is 9.21 Å². The summed E-state index contributed by atoms with van der Waals surface area (Å²) in [6, 6.07) is 8.45. The second kappa shape index (κ2) is 4.49. The van der Waals surface area contributed by atoms with Crippen molar-refractivity contribution in [1.82, 2.24) is 4.98 Å². The maximum absolute atomic E-state index is 11.7. The number of anilines is 1. The van der Waals surface area contributed by atoms with Crippen molar-refractivity contribution in [1.29, 1.82) is 5.26 Å². The van der Waals surface area contributed by atoms with E-state index in [4.69, 9.17) is 9.68 Å². The Morgan fingerprint density at radius 3 is 2.65 bits per heavy atom. The van der Waals surface area contributed by atoms with E-state index in [1.165, 1.54) is 6.26 Å². The highest BCUT2D eigenvalue weighted by molar-refractivity contribution is 6.03. The molecule has 1 amide bonds. The van der Waals surface area contributed by atoms with Crippen molar-refractivity contribution in [3.05, 3.63) is 47.3 Å². The van der Waals surface area contributed by atoms with Crippen LogP contribution in [0.2, 0.25) is 0 Å². The average Bonchev–Trinajstić information content (AvgIpc) is 2.75. The van der Waals surface area contributed by atoms with Crippen molar-refractivity contribution in [2.75, 3.05) is 5.32 Å². The van der Waals surface area contributed by atoms with Gasteiger partial charge < -0.3 is 4.42 Å². The first-order valence-electron chi connectivity index (χ1n) is 4.92. The summed E-state index contributed by atoms with van der Waals surface area (Å²) in [7, 11) is 0. The van der Waals surface area contributed by atoms with Gasteiger partial charge in [-0.15, -0.1) is 0 Å². The van der Waals surface area contributed by atoms with Gasteiger partial charge in [0.2, 0.25) is 0 Å². The average molecular weight is 227 g/mol. The Morgan fingerprint density at radius 1 is 1.41 bits per heavy atom.